The Labute approximate surface area is 169 Å². The van der Waals surface area contributed by atoms with Gasteiger partial charge in [-0.3, -0.25) is 5.32 Å². The SMILES string of the molecule is CC(C)(C)OC(=O)Nc1cc(C=CCCNC(=O)OCc2ccccc2)cs1. The smallest absolute Gasteiger partial charge is 0.412 e. The van der Waals surface area contributed by atoms with E-state index in [1.165, 1.54) is 11.3 Å². The summed E-state index contributed by atoms with van der Waals surface area (Å²) >= 11 is 1.42. The zero-order valence-electron chi connectivity index (χ0n) is 16.4. The lowest BCUT2D eigenvalue weighted by atomic mass is 10.2. The first kappa shape index (κ1) is 21.5. The van der Waals surface area contributed by atoms with E-state index in [0.29, 0.717) is 13.0 Å². The lowest BCUT2D eigenvalue weighted by Crippen LogP contribution is -2.26. The van der Waals surface area contributed by atoms with Gasteiger partial charge in [-0.25, -0.2) is 9.59 Å². The number of nitrogens with one attached hydrogen (secondary N) is 2. The molecule has 0 bridgehead atoms. The van der Waals surface area contributed by atoms with Gasteiger partial charge >= 0.3 is 12.2 Å². The minimum Gasteiger partial charge on any atom is -0.445 e. The van der Waals surface area contributed by atoms with Gasteiger partial charge in [0.1, 0.15) is 12.2 Å². The number of ether oxygens (including phenoxy) is 2. The minimum absolute atomic E-state index is 0.255. The standard InChI is InChI=1S/C21H26N2O4S/c1-21(2,3)27-20(25)23-18-13-17(15-28-18)11-7-8-12-22-19(24)26-14-16-9-5-4-6-10-16/h4-7,9-11,13,15H,8,12,14H2,1-3H3,(H,22,24)(H,23,25). The van der Waals surface area contributed by atoms with Crippen LogP contribution >= 0.6 is 11.3 Å². The Balaban J connectivity index is 1.64. The summed E-state index contributed by atoms with van der Waals surface area (Å²) in [5, 5.41) is 8.08. The number of alkyl carbamates (subject to hydrolysis) is 1. The molecule has 28 heavy (non-hydrogen) atoms. The maximum absolute atomic E-state index is 11.7. The Morgan fingerprint density at radius 2 is 1.89 bits per heavy atom. The van der Waals surface area contributed by atoms with Crippen LogP contribution < -0.4 is 10.6 Å². The maximum Gasteiger partial charge on any atom is 0.412 e. The monoisotopic (exact) mass is 402 g/mol. The van der Waals surface area contributed by atoms with Crippen molar-refractivity contribution in [2.45, 2.75) is 39.4 Å². The van der Waals surface area contributed by atoms with Crippen molar-refractivity contribution < 1.29 is 19.1 Å². The molecule has 7 heteroatoms. The molecule has 0 aliphatic carbocycles. The molecule has 0 fully saturated rings. The molecule has 0 radical (unpaired) electrons. The molecule has 1 aromatic carbocycles. The van der Waals surface area contributed by atoms with Crippen LogP contribution in [0.5, 0.6) is 0 Å². The number of hydrogen-bond acceptors (Lipinski definition) is 5. The van der Waals surface area contributed by atoms with E-state index in [9.17, 15) is 9.59 Å². The molecule has 0 aliphatic rings. The largest absolute Gasteiger partial charge is 0.445 e. The highest BCUT2D eigenvalue weighted by atomic mass is 32.1. The van der Waals surface area contributed by atoms with Gasteiger partial charge in [-0.05, 0) is 44.4 Å². The lowest BCUT2D eigenvalue weighted by molar-refractivity contribution is 0.0636. The van der Waals surface area contributed by atoms with E-state index in [2.05, 4.69) is 10.6 Å². The van der Waals surface area contributed by atoms with Crippen LogP contribution in [0, 0.1) is 0 Å². The summed E-state index contributed by atoms with van der Waals surface area (Å²) < 4.78 is 10.4. The Hall–Kier alpha value is -2.80. The second-order valence-electron chi connectivity index (χ2n) is 7.05. The van der Waals surface area contributed by atoms with Gasteiger partial charge in [-0.1, -0.05) is 42.5 Å². The second-order valence-corrected chi connectivity index (χ2v) is 7.96. The number of benzene rings is 1. The highest BCUT2D eigenvalue weighted by molar-refractivity contribution is 7.14. The summed E-state index contributed by atoms with van der Waals surface area (Å²) in [6, 6.07) is 11.4. The van der Waals surface area contributed by atoms with Gasteiger partial charge in [0.05, 0.1) is 5.00 Å². The van der Waals surface area contributed by atoms with Gasteiger partial charge in [0.25, 0.3) is 0 Å². The fraction of sp³-hybridized carbons (Fsp3) is 0.333. The van der Waals surface area contributed by atoms with E-state index in [1.807, 2.05) is 74.7 Å². The van der Waals surface area contributed by atoms with E-state index < -0.39 is 17.8 Å². The molecule has 2 N–H and O–H groups in total. The predicted octanol–water partition coefficient (Wildman–Crippen LogP) is 5.42. The Morgan fingerprint density at radius 3 is 2.61 bits per heavy atom. The van der Waals surface area contributed by atoms with Crippen LogP contribution in [-0.2, 0) is 16.1 Å². The summed E-state index contributed by atoms with van der Waals surface area (Å²) in [6.45, 7) is 6.20. The van der Waals surface area contributed by atoms with E-state index in [0.717, 1.165) is 16.1 Å². The van der Waals surface area contributed by atoms with Gasteiger partial charge in [0.2, 0.25) is 0 Å². The van der Waals surface area contributed by atoms with Gasteiger partial charge in [0.15, 0.2) is 0 Å². The first-order chi connectivity index (χ1) is 13.3. The molecule has 0 spiro atoms. The Kier molecular flexibility index (Phi) is 8.07. The van der Waals surface area contributed by atoms with E-state index in [1.54, 1.807) is 0 Å². The molecule has 0 unspecified atom stereocenters. The molecule has 0 saturated carbocycles. The summed E-state index contributed by atoms with van der Waals surface area (Å²) in [5.41, 5.74) is 1.40. The van der Waals surface area contributed by atoms with E-state index in [-0.39, 0.29) is 6.61 Å². The zero-order chi connectivity index (χ0) is 20.4. The van der Waals surface area contributed by atoms with Crippen LogP contribution in [0.3, 0.4) is 0 Å². The number of thiophene rings is 1. The topological polar surface area (TPSA) is 76.7 Å². The zero-order valence-corrected chi connectivity index (χ0v) is 17.2. The van der Waals surface area contributed by atoms with Crippen molar-refractivity contribution in [3.8, 4) is 0 Å². The van der Waals surface area contributed by atoms with E-state index in [4.69, 9.17) is 9.47 Å². The number of carbonyl (C=O) groups excluding carboxylic acids is 2. The lowest BCUT2D eigenvalue weighted by Gasteiger charge is -2.19. The van der Waals surface area contributed by atoms with E-state index >= 15 is 0 Å². The molecule has 150 valence electrons. The number of anilines is 1. The first-order valence-electron chi connectivity index (χ1n) is 9.01. The van der Waals surface area contributed by atoms with Crippen molar-refractivity contribution in [3.63, 3.8) is 0 Å². The van der Waals surface area contributed by atoms with Crippen LogP contribution in [0.2, 0.25) is 0 Å². The maximum atomic E-state index is 11.7. The minimum atomic E-state index is -0.528. The molecule has 2 rings (SSSR count). The average Bonchev–Trinajstić information content (AvgIpc) is 3.06. The molecular weight excluding hydrogens is 376 g/mol. The molecule has 1 heterocycles. The molecule has 2 amide bonds. The van der Waals surface area contributed by atoms with Crippen LogP contribution in [0.25, 0.3) is 6.08 Å². The van der Waals surface area contributed by atoms with Crippen molar-refractivity contribution >= 4 is 34.6 Å². The third kappa shape index (κ3) is 8.73. The highest BCUT2D eigenvalue weighted by Crippen LogP contribution is 2.22. The normalized spacial score (nSPS) is 11.2. The molecular formula is C21H26N2O4S. The number of carbonyl (C=O) groups is 2. The molecule has 6 nitrogen and oxygen atoms in total. The molecule has 2 aromatic rings. The number of rotatable bonds is 7. The fourth-order valence-corrected chi connectivity index (χ4v) is 2.92. The summed E-state index contributed by atoms with van der Waals surface area (Å²) in [4.78, 5) is 23.4. The summed E-state index contributed by atoms with van der Waals surface area (Å²) in [5.74, 6) is 0. The van der Waals surface area contributed by atoms with Crippen molar-refractivity contribution in [3.05, 3.63) is 59.0 Å². The second kappa shape index (κ2) is 10.5. The fourth-order valence-electron chi connectivity index (χ4n) is 2.16. The van der Waals surface area contributed by atoms with Gasteiger partial charge in [-0.15, -0.1) is 11.3 Å². The van der Waals surface area contributed by atoms with Gasteiger partial charge < -0.3 is 14.8 Å². The summed E-state index contributed by atoms with van der Waals surface area (Å²) in [7, 11) is 0. The number of hydrogen-bond donors (Lipinski definition) is 2. The Bertz CT molecular complexity index is 794. The Morgan fingerprint density at radius 1 is 1.14 bits per heavy atom. The van der Waals surface area contributed by atoms with Crippen molar-refractivity contribution in [1.29, 1.82) is 0 Å². The predicted molar refractivity (Wildman–Crippen MR) is 112 cm³/mol. The molecule has 0 atom stereocenters. The van der Waals surface area contributed by atoms with Crippen molar-refractivity contribution in [2.75, 3.05) is 11.9 Å². The summed E-state index contributed by atoms with van der Waals surface area (Å²) in [6.07, 6.45) is 3.66. The van der Waals surface area contributed by atoms with Crippen molar-refractivity contribution in [1.82, 2.24) is 5.32 Å². The van der Waals surface area contributed by atoms with Crippen LogP contribution in [0.15, 0.2) is 47.9 Å². The number of amides is 2. The average molecular weight is 403 g/mol. The van der Waals surface area contributed by atoms with Gasteiger partial charge in [-0.2, -0.15) is 0 Å². The third-order valence-electron chi connectivity index (χ3n) is 3.35. The molecule has 0 saturated heterocycles. The van der Waals surface area contributed by atoms with Crippen molar-refractivity contribution in [2.24, 2.45) is 0 Å². The quantitative estimate of drug-likeness (QED) is 0.606. The molecule has 0 aliphatic heterocycles. The van der Waals surface area contributed by atoms with Gasteiger partial charge in [0, 0.05) is 11.9 Å². The van der Waals surface area contributed by atoms with Crippen LogP contribution in [0.1, 0.15) is 38.3 Å². The highest BCUT2D eigenvalue weighted by Gasteiger charge is 2.16. The first-order valence-corrected chi connectivity index (χ1v) is 9.89. The third-order valence-corrected chi connectivity index (χ3v) is 4.21. The molecule has 1 aromatic heterocycles. The van der Waals surface area contributed by atoms with Crippen LogP contribution in [0.4, 0.5) is 14.6 Å². The van der Waals surface area contributed by atoms with Crippen LogP contribution in [-0.4, -0.2) is 24.3 Å².